The average molecular weight is 188 g/mol. The Hall–Kier alpha value is -0.0100. The molecule has 1 fully saturated rings. The van der Waals surface area contributed by atoms with Crippen molar-refractivity contribution in [1.82, 2.24) is 5.32 Å². The molecule has 0 aromatic carbocycles. The Morgan fingerprint density at radius 2 is 2.17 bits per heavy atom. The van der Waals surface area contributed by atoms with E-state index >= 15 is 0 Å². The van der Waals surface area contributed by atoms with Crippen molar-refractivity contribution in [2.75, 3.05) is 6.54 Å². The van der Waals surface area contributed by atoms with Gasteiger partial charge in [0, 0.05) is 17.6 Å². The molecule has 0 bridgehead atoms. The van der Waals surface area contributed by atoms with Crippen LogP contribution >= 0.6 is 11.6 Å². The van der Waals surface area contributed by atoms with Crippen LogP contribution in [0, 0.1) is 11.8 Å². The van der Waals surface area contributed by atoms with Gasteiger partial charge in [0.1, 0.15) is 0 Å². The van der Waals surface area contributed by atoms with Gasteiger partial charge in [-0.05, 0) is 24.7 Å². The molecular formula is C10H18ClN. The first-order chi connectivity index (χ1) is 5.61. The molecule has 1 aliphatic carbocycles. The molecule has 0 radical (unpaired) electrons. The molecule has 1 nitrogen and oxygen atoms in total. The van der Waals surface area contributed by atoms with Gasteiger partial charge in [0.2, 0.25) is 0 Å². The molecule has 3 unspecified atom stereocenters. The molecule has 0 aromatic rings. The first-order valence-electron chi connectivity index (χ1n) is 4.68. The second-order valence-corrected chi connectivity index (χ2v) is 4.45. The minimum Gasteiger partial charge on any atom is -0.309 e. The van der Waals surface area contributed by atoms with Gasteiger partial charge in [-0.3, -0.25) is 0 Å². The third-order valence-electron chi connectivity index (χ3n) is 3.02. The van der Waals surface area contributed by atoms with Gasteiger partial charge in [0.15, 0.2) is 0 Å². The largest absolute Gasteiger partial charge is 0.309 e. The van der Waals surface area contributed by atoms with E-state index in [1.54, 1.807) is 0 Å². The van der Waals surface area contributed by atoms with Crippen molar-refractivity contribution in [3.8, 4) is 0 Å². The number of hydrogen-bond acceptors (Lipinski definition) is 1. The van der Waals surface area contributed by atoms with E-state index in [-0.39, 0.29) is 0 Å². The average Bonchev–Trinajstić information content (AvgIpc) is 2.30. The highest BCUT2D eigenvalue weighted by Crippen LogP contribution is 2.30. The molecule has 0 heterocycles. The summed E-state index contributed by atoms with van der Waals surface area (Å²) in [4.78, 5) is 0. The van der Waals surface area contributed by atoms with Gasteiger partial charge >= 0.3 is 0 Å². The Balaban J connectivity index is 2.29. The zero-order valence-corrected chi connectivity index (χ0v) is 8.69. The van der Waals surface area contributed by atoms with Crippen LogP contribution in [0.3, 0.4) is 0 Å². The van der Waals surface area contributed by atoms with Crippen molar-refractivity contribution in [3.05, 3.63) is 11.6 Å². The molecular weight excluding hydrogens is 170 g/mol. The van der Waals surface area contributed by atoms with Crippen molar-refractivity contribution in [1.29, 1.82) is 0 Å². The molecule has 0 aromatic heterocycles. The zero-order chi connectivity index (χ0) is 9.14. The number of rotatable bonds is 3. The topological polar surface area (TPSA) is 12.0 Å². The second kappa shape index (κ2) is 4.29. The summed E-state index contributed by atoms with van der Waals surface area (Å²) in [5.74, 6) is 1.63. The van der Waals surface area contributed by atoms with E-state index in [2.05, 4.69) is 25.7 Å². The van der Waals surface area contributed by atoms with Crippen LogP contribution in [0.2, 0.25) is 0 Å². The first-order valence-corrected chi connectivity index (χ1v) is 5.05. The lowest BCUT2D eigenvalue weighted by atomic mass is 9.98. The second-order valence-electron chi connectivity index (χ2n) is 3.92. The van der Waals surface area contributed by atoms with Crippen LogP contribution in [-0.4, -0.2) is 12.6 Å². The molecule has 0 aliphatic heterocycles. The monoisotopic (exact) mass is 187 g/mol. The molecule has 1 N–H and O–H groups in total. The quantitative estimate of drug-likeness (QED) is 0.717. The van der Waals surface area contributed by atoms with E-state index in [9.17, 15) is 0 Å². The SMILES string of the molecule is C=C(Cl)CNC1CCC(C)C1C. The van der Waals surface area contributed by atoms with Crippen LogP contribution in [0.25, 0.3) is 0 Å². The molecule has 1 aliphatic rings. The van der Waals surface area contributed by atoms with Crippen LogP contribution in [0.1, 0.15) is 26.7 Å². The van der Waals surface area contributed by atoms with Crippen molar-refractivity contribution in [3.63, 3.8) is 0 Å². The Morgan fingerprint density at radius 1 is 1.50 bits per heavy atom. The van der Waals surface area contributed by atoms with Crippen LogP contribution in [-0.2, 0) is 0 Å². The van der Waals surface area contributed by atoms with E-state index in [0.29, 0.717) is 11.1 Å². The van der Waals surface area contributed by atoms with Gasteiger partial charge < -0.3 is 5.32 Å². The maximum Gasteiger partial charge on any atom is 0.0310 e. The Bertz CT molecular complexity index is 167. The first kappa shape index (κ1) is 10.1. The highest BCUT2D eigenvalue weighted by Gasteiger charge is 2.28. The van der Waals surface area contributed by atoms with Crippen molar-refractivity contribution < 1.29 is 0 Å². The fourth-order valence-electron chi connectivity index (χ4n) is 1.89. The minimum absolute atomic E-state index is 0.649. The Morgan fingerprint density at radius 3 is 2.58 bits per heavy atom. The van der Waals surface area contributed by atoms with E-state index in [1.807, 2.05) is 0 Å². The summed E-state index contributed by atoms with van der Waals surface area (Å²) in [6.45, 7) is 9.05. The maximum absolute atomic E-state index is 5.68. The normalized spacial score (nSPS) is 35.4. The van der Waals surface area contributed by atoms with E-state index in [4.69, 9.17) is 11.6 Å². The standard InChI is InChI=1S/C10H18ClN/c1-7-4-5-10(9(7)3)12-6-8(2)11/h7,9-10,12H,2,4-6H2,1,3H3. The summed E-state index contributed by atoms with van der Waals surface area (Å²) in [5, 5.41) is 4.14. The van der Waals surface area contributed by atoms with Crippen molar-refractivity contribution >= 4 is 11.6 Å². The van der Waals surface area contributed by atoms with E-state index in [0.717, 1.165) is 18.4 Å². The predicted molar refractivity (Wildman–Crippen MR) is 54.3 cm³/mol. The summed E-state index contributed by atoms with van der Waals surface area (Å²) in [6.07, 6.45) is 2.63. The molecule has 70 valence electrons. The fourth-order valence-corrected chi connectivity index (χ4v) is 1.97. The molecule has 0 saturated heterocycles. The van der Waals surface area contributed by atoms with Gasteiger partial charge in [-0.1, -0.05) is 32.0 Å². The highest BCUT2D eigenvalue weighted by molar-refractivity contribution is 6.29. The van der Waals surface area contributed by atoms with Crippen LogP contribution < -0.4 is 5.32 Å². The lowest BCUT2D eigenvalue weighted by molar-refractivity contribution is 0.380. The van der Waals surface area contributed by atoms with E-state index in [1.165, 1.54) is 12.8 Å². The molecule has 12 heavy (non-hydrogen) atoms. The van der Waals surface area contributed by atoms with Gasteiger partial charge in [-0.15, -0.1) is 0 Å². The van der Waals surface area contributed by atoms with Gasteiger partial charge in [0.25, 0.3) is 0 Å². The molecule has 0 spiro atoms. The third kappa shape index (κ3) is 2.49. The fraction of sp³-hybridized carbons (Fsp3) is 0.800. The zero-order valence-electron chi connectivity index (χ0n) is 7.94. The molecule has 1 saturated carbocycles. The van der Waals surface area contributed by atoms with Crippen LogP contribution in [0.5, 0.6) is 0 Å². The lowest BCUT2D eigenvalue weighted by Crippen LogP contribution is -2.33. The molecule has 0 amide bonds. The van der Waals surface area contributed by atoms with Gasteiger partial charge in [-0.2, -0.15) is 0 Å². The summed E-state index contributed by atoms with van der Waals surface area (Å²) in [5.41, 5.74) is 0. The minimum atomic E-state index is 0.649. The summed E-state index contributed by atoms with van der Waals surface area (Å²) in [6, 6.07) is 0.649. The van der Waals surface area contributed by atoms with Gasteiger partial charge in [-0.25, -0.2) is 0 Å². The number of nitrogens with one attached hydrogen (secondary N) is 1. The van der Waals surface area contributed by atoms with Crippen molar-refractivity contribution in [2.24, 2.45) is 11.8 Å². The van der Waals surface area contributed by atoms with Crippen LogP contribution in [0.4, 0.5) is 0 Å². The van der Waals surface area contributed by atoms with Crippen LogP contribution in [0.15, 0.2) is 11.6 Å². The van der Waals surface area contributed by atoms with Gasteiger partial charge in [0.05, 0.1) is 0 Å². The van der Waals surface area contributed by atoms with E-state index < -0.39 is 0 Å². The van der Waals surface area contributed by atoms with Crippen molar-refractivity contribution in [2.45, 2.75) is 32.7 Å². The lowest BCUT2D eigenvalue weighted by Gasteiger charge is -2.19. The summed E-state index contributed by atoms with van der Waals surface area (Å²) >= 11 is 5.68. The summed E-state index contributed by atoms with van der Waals surface area (Å²) < 4.78 is 0. The predicted octanol–water partition coefficient (Wildman–Crippen LogP) is 2.76. The molecule has 3 atom stereocenters. The smallest absolute Gasteiger partial charge is 0.0310 e. The molecule has 1 rings (SSSR count). The number of hydrogen-bond donors (Lipinski definition) is 1. The Kier molecular flexibility index (Phi) is 3.60. The molecule has 2 heteroatoms. The third-order valence-corrected chi connectivity index (χ3v) is 3.15. The summed E-state index contributed by atoms with van der Waals surface area (Å²) in [7, 11) is 0. The maximum atomic E-state index is 5.68. The Labute approximate surface area is 80.2 Å². The number of halogens is 1. The highest BCUT2D eigenvalue weighted by atomic mass is 35.5.